The molecule has 2 aliphatic heterocycles. The zero-order chi connectivity index (χ0) is 17.0. The molecule has 1 aromatic heterocycles. The molecule has 3 heterocycles. The molecule has 0 aliphatic carbocycles. The summed E-state index contributed by atoms with van der Waals surface area (Å²) < 4.78 is 7.70. The second kappa shape index (κ2) is 9.45. The Morgan fingerprint density at radius 1 is 1.48 bits per heavy atom. The van der Waals surface area contributed by atoms with Crippen LogP contribution in [0.15, 0.2) is 17.4 Å². The van der Waals surface area contributed by atoms with Crippen LogP contribution in [0, 0.1) is 0 Å². The fourth-order valence-corrected chi connectivity index (χ4v) is 4.44. The zero-order valence-corrected chi connectivity index (χ0v) is 18.5. The Morgan fingerprint density at radius 2 is 2.24 bits per heavy atom. The Labute approximate surface area is 172 Å². The molecular formula is C17H30IN5OS. The maximum Gasteiger partial charge on any atom is 0.193 e. The van der Waals surface area contributed by atoms with Crippen molar-refractivity contribution < 1.29 is 4.74 Å². The first-order valence-corrected chi connectivity index (χ1v) is 9.95. The lowest BCUT2D eigenvalue weighted by Crippen LogP contribution is -2.48. The normalized spacial score (nSPS) is 23.4. The van der Waals surface area contributed by atoms with Crippen molar-refractivity contribution in [2.24, 2.45) is 12.0 Å². The average molecular weight is 479 g/mol. The number of aryl methyl sites for hydroxylation is 1. The second-order valence-electron chi connectivity index (χ2n) is 6.78. The molecule has 1 unspecified atom stereocenters. The Bertz CT molecular complexity index is 573. The Kier molecular flexibility index (Phi) is 7.88. The summed E-state index contributed by atoms with van der Waals surface area (Å²) >= 11 is 1.96. The highest BCUT2D eigenvalue weighted by Crippen LogP contribution is 2.33. The van der Waals surface area contributed by atoms with E-state index in [0.29, 0.717) is 5.92 Å². The highest BCUT2D eigenvalue weighted by atomic mass is 127. The van der Waals surface area contributed by atoms with E-state index in [1.54, 1.807) is 0 Å². The number of hydrogen-bond donors (Lipinski definition) is 1. The largest absolute Gasteiger partial charge is 0.381 e. The van der Waals surface area contributed by atoms with E-state index in [1.165, 1.54) is 5.56 Å². The molecule has 8 heteroatoms. The lowest BCUT2D eigenvalue weighted by molar-refractivity contribution is 0.0781. The summed E-state index contributed by atoms with van der Waals surface area (Å²) in [4.78, 5) is 6.90. The molecule has 1 N–H and O–H groups in total. The first-order chi connectivity index (χ1) is 11.7. The highest BCUT2D eigenvalue weighted by Gasteiger charge is 2.33. The van der Waals surface area contributed by atoms with E-state index in [9.17, 15) is 0 Å². The molecule has 2 saturated heterocycles. The monoisotopic (exact) mass is 479 g/mol. The van der Waals surface area contributed by atoms with Crippen LogP contribution in [0.2, 0.25) is 0 Å². The molecule has 25 heavy (non-hydrogen) atoms. The smallest absolute Gasteiger partial charge is 0.193 e. The first-order valence-electron chi connectivity index (χ1n) is 8.73. The number of aliphatic imine (C=N–C) groups is 1. The minimum absolute atomic E-state index is 0. The van der Waals surface area contributed by atoms with Crippen molar-refractivity contribution in [3.8, 4) is 0 Å². The maximum atomic E-state index is 5.53. The number of thioether (sulfide) groups is 1. The number of aromatic nitrogens is 2. The SMILES string of the molecule is CN=C(NCC1(SC)CCOCC1)N1CCC(c2cnn(C)c2)C1.I. The highest BCUT2D eigenvalue weighted by molar-refractivity contribution is 14.0. The van der Waals surface area contributed by atoms with Gasteiger partial charge in [0, 0.05) is 63.8 Å². The minimum Gasteiger partial charge on any atom is -0.381 e. The first kappa shape index (κ1) is 20.8. The van der Waals surface area contributed by atoms with Crippen LogP contribution in [0.25, 0.3) is 0 Å². The van der Waals surface area contributed by atoms with Crippen LogP contribution in [0.4, 0.5) is 0 Å². The molecule has 6 nitrogen and oxygen atoms in total. The number of guanidine groups is 1. The van der Waals surface area contributed by atoms with Gasteiger partial charge in [-0.05, 0) is 31.1 Å². The van der Waals surface area contributed by atoms with E-state index in [4.69, 9.17) is 4.74 Å². The number of rotatable bonds is 4. The number of nitrogens with one attached hydrogen (secondary N) is 1. The van der Waals surface area contributed by atoms with Gasteiger partial charge in [0.2, 0.25) is 0 Å². The Balaban J connectivity index is 0.00000225. The molecule has 0 saturated carbocycles. The maximum absolute atomic E-state index is 5.53. The van der Waals surface area contributed by atoms with Crippen molar-refractivity contribution in [1.82, 2.24) is 20.0 Å². The predicted octanol–water partition coefficient (Wildman–Crippen LogP) is 2.31. The molecule has 2 fully saturated rings. The standard InChI is InChI=1S/C17H29N5OS.HI/c1-18-16(19-13-17(24-3)5-8-23-9-6-17)22-7-4-14(12-22)15-10-20-21(2)11-15;/h10-11,14H,4-9,12-13H2,1-3H3,(H,18,19);1H. The van der Waals surface area contributed by atoms with Gasteiger partial charge in [-0.2, -0.15) is 16.9 Å². The summed E-state index contributed by atoms with van der Waals surface area (Å²) in [5.41, 5.74) is 1.33. The summed E-state index contributed by atoms with van der Waals surface area (Å²) in [6.45, 7) is 4.76. The van der Waals surface area contributed by atoms with Crippen molar-refractivity contribution >= 4 is 41.7 Å². The van der Waals surface area contributed by atoms with Gasteiger partial charge >= 0.3 is 0 Å². The van der Waals surface area contributed by atoms with E-state index >= 15 is 0 Å². The number of hydrogen-bond acceptors (Lipinski definition) is 4. The van der Waals surface area contributed by atoms with Gasteiger partial charge < -0.3 is 15.0 Å². The minimum atomic E-state index is 0. The number of ether oxygens (including phenoxy) is 1. The second-order valence-corrected chi connectivity index (χ2v) is 8.05. The molecule has 2 aliphatic rings. The van der Waals surface area contributed by atoms with Crippen LogP contribution in [0.5, 0.6) is 0 Å². The van der Waals surface area contributed by atoms with E-state index < -0.39 is 0 Å². The molecule has 0 aromatic carbocycles. The lowest BCUT2D eigenvalue weighted by atomic mass is 9.99. The van der Waals surface area contributed by atoms with Gasteiger partial charge in [0.15, 0.2) is 5.96 Å². The van der Waals surface area contributed by atoms with E-state index in [-0.39, 0.29) is 28.7 Å². The van der Waals surface area contributed by atoms with Gasteiger partial charge in [0.25, 0.3) is 0 Å². The molecule has 0 bridgehead atoms. The van der Waals surface area contributed by atoms with E-state index in [2.05, 4.69) is 32.8 Å². The fourth-order valence-electron chi connectivity index (χ4n) is 3.64. The van der Waals surface area contributed by atoms with Crippen molar-refractivity contribution in [3.05, 3.63) is 18.0 Å². The topological polar surface area (TPSA) is 54.7 Å². The molecule has 142 valence electrons. The van der Waals surface area contributed by atoms with Crippen molar-refractivity contribution in [2.45, 2.75) is 29.9 Å². The third-order valence-electron chi connectivity index (χ3n) is 5.30. The Hall–Kier alpha value is -0.480. The van der Waals surface area contributed by atoms with E-state index in [1.807, 2.05) is 36.7 Å². The zero-order valence-electron chi connectivity index (χ0n) is 15.4. The van der Waals surface area contributed by atoms with Crippen LogP contribution in [-0.2, 0) is 11.8 Å². The van der Waals surface area contributed by atoms with Gasteiger partial charge in [-0.25, -0.2) is 0 Å². The van der Waals surface area contributed by atoms with Crippen molar-refractivity contribution in [1.29, 1.82) is 0 Å². The van der Waals surface area contributed by atoms with E-state index in [0.717, 1.165) is 58.1 Å². The van der Waals surface area contributed by atoms with Gasteiger partial charge in [-0.3, -0.25) is 9.67 Å². The van der Waals surface area contributed by atoms with Gasteiger partial charge in [-0.1, -0.05) is 0 Å². The molecule has 0 amide bonds. The van der Waals surface area contributed by atoms with Crippen LogP contribution in [0.1, 0.15) is 30.7 Å². The summed E-state index contributed by atoms with van der Waals surface area (Å²) in [6.07, 6.45) is 9.72. The molecule has 0 radical (unpaired) electrons. The third-order valence-corrected chi connectivity index (χ3v) is 6.72. The van der Waals surface area contributed by atoms with Gasteiger partial charge in [0.05, 0.1) is 6.20 Å². The average Bonchev–Trinajstić information content (AvgIpc) is 3.25. The van der Waals surface area contributed by atoms with Crippen LogP contribution in [0.3, 0.4) is 0 Å². The fraction of sp³-hybridized carbons (Fsp3) is 0.765. The van der Waals surface area contributed by atoms with Crippen LogP contribution >= 0.6 is 35.7 Å². The quantitative estimate of drug-likeness (QED) is 0.408. The predicted molar refractivity (Wildman–Crippen MR) is 115 cm³/mol. The number of halogens is 1. The molecule has 1 aromatic rings. The van der Waals surface area contributed by atoms with Crippen LogP contribution in [-0.4, -0.2) is 71.5 Å². The van der Waals surface area contributed by atoms with Crippen LogP contribution < -0.4 is 5.32 Å². The van der Waals surface area contributed by atoms with Crippen molar-refractivity contribution in [3.63, 3.8) is 0 Å². The van der Waals surface area contributed by atoms with Gasteiger partial charge in [-0.15, -0.1) is 24.0 Å². The summed E-state index contributed by atoms with van der Waals surface area (Å²) in [6, 6.07) is 0. The molecule has 3 rings (SSSR count). The molecule has 0 spiro atoms. The third kappa shape index (κ3) is 5.03. The number of nitrogens with zero attached hydrogens (tertiary/aromatic N) is 4. The summed E-state index contributed by atoms with van der Waals surface area (Å²) in [5.74, 6) is 1.58. The number of likely N-dealkylation sites (tertiary alicyclic amines) is 1. The lowest BCUT2D eigenvalue weighted by Gasteiger charge is -2.37. The Morgan fingerprint density at radius 3 is 2.84 bits per heavy atom. The van der Waals surface area contributed by atoms with Gasteiger partial charge in [0.1, 0.15) is 0 Å². The molecule has 1 atom stereocenters. The van der Waals surface area contributed by atoms with Crippen molar-refractivity contribution in [2.75, 3.05) is 46.2 Å². The summed E-state index contributed by atoms with van der Waals surface area (Å²) in [7, 11) is 3.86. The summed E-state index contributed by atoms with van der Waals surface area (Å²) in [5, 5.41) is 7.94. The molecular weight excluding hydrogens is 449 g/mol.